The molecule has 5 nitrogen and oxygen atoms in total. The van der Waals surface area contributed by atoms with Crippen molar-refractivity contribution >= 4 is 29.0 Å². The van der Waals surface area contributed by atoms with Gasteiger partial charge in [0, 0.05) is 31.9 Å². The van der Waals surface area contributed by atoms with E-state index in [0.717, 1.165) is 49.0 Å². The predicted molar refractivity (Wildman–Crippen MR) is 126 cm³/mol. The summed E-state index contributed by atoms with van der Waals surface area (Å²) in [4.78, 5) is 16.6. The first-order valence-electron chi connectivity index (χ1n) is 10.5. The molecule has 0 spiro atoms. The normalized spacial score (nSPS) is 14.8. The molecule has 1 saturated heterocycles. The molecule has 0 amide bonds. The Morgan fingerprint density at radius 2 is 1.73 bits per heavy atom. The summed E-state index contributed by atoms with van der Waals surface area (Å²) in [5.41, 5.74) is 5.80. The molecule has 0 saturated carbocycles. The lowest BCUT2D eigenvalue weighted by atomic mass is 10.1. The van der Waals surface area contributed by atoms with Crippen LogP contribution in [-0.2, 0) is 16.1 Å². The SMILES string of the molecule is Cc1cc(C)c(NC(=S)N2CCCN(CC(=O)OCc3ccccc3)CC2)cc1C. The van der Waals surface area contributed by atoms with Gasteiger partial charge in [-0.3, -0.25) is 9.69 Å². The number of carbonyl (C=O) groups excluding carboxylic acids is 1. The topological polar surface area (TPSA) is 44.8 Å². The summed E-state index contributed by atoms with van der Waals surface area (Å²) in [5.74, 6) is -0.182. The van der Waals surface area contributed by atoms with Gasteiger partial charge in [0.25, 0.3) is 0 Å². The van der Waals surface area contributed by atoms with Crippen molar-refractivity contribution in [2.24, 2.45) is 0 Å². The van der Waals surface area contributed by atoms with Crippen LogP contribution in [0.2, 0.25) is 0 Å². The van der Waals surface area contributed by atoms with E-state index in [9.17, 15) is 4.79 Å². The second-order valence-corrected chi connectivity index (χ2v) is 8.33. The second kappa shape index (κ2) is 10.5. The van der Waals surface area contributed by atoms with Crippen molar-refractivity contribution in [3.63, 3.8) is 0 Å². The third-order valence-electron chi connectivity index (χ3n) is 5.55. The summed E-state index contributed by atoms with van der Waals surface area (Å²) >= 11 is 5.68. The zero-order valence-electron chi connectivity index (χ0n) is 18.1. The molecule has 0 unspecified atom stereocenters. The zero-order valence-corrected chi connectivity index (χ0v) is 18.9. The number of nitrogens with zero attached hydrogens (tertiary/aromatic N) is 2. The Morgan fingerprint density at radius 1 is 1.00 bits per heavy atom. The van der Waals surface area contributed by atoms with E-state index in [1.54, 1.807) is 0 Å². The molecule has 2 aromatic carbocycles. The van der Waals surface area contributed by atoms with Crippen LogP contribution in [-0.4, -0.2) is 53.6 Å². The number of thiocarbonyl (C=S) groups is 1. The second-order valence-electron chi connectivity index (χ2n) is 7.94. The minimum atomic E-state index is -0.182. The monoisotopic (exact) mass is 425 g/mol. The largest absolute Gasteiger partial charge is 0.460 e. The maximum absolute atomic E-state index is 12.2. The van der Waals surface area contributed by atoms with Gasteiger partial charge in [-0.15, -0.1) is 0 Å². The van der Waals surface area contributed by atoms with E-state index < -0.39 is 0 Å². The van der Waals surface area contributed by atoms with Crippen LogP contribution in [0.4, 0.5) is 5.69 Å². The third-order valence-corrected chi connectivity index (χ3v) is 5.91. The average Bonchev–Trinajstić information content (AvgIpc) is 2.97. The highest BCUT2D eigenvalue weighted by atomic mass is 32.1. The molecule has 30 heavy (non-hydrogen) atoms. The highest BCUT2D eigenvalue weighted by Gasteiger charge is 2.19. The number of rotatable bonds is 5. The van der Waals surface area contributed by atoms with E-state index in [1.807, 2.05) is 30.3 Å². The Labute approximate surface area is 185 Å². The Hall–Kier alpha value is -2.44. The number of carbonyl (C=O) groups is 1. The fourth-order valence-corrected chi connectivity index (χ4v) is 3.88. The van der Waals surface area contributed by atoms with Gasteiger partial charge in [-0.25, -0.2) is 0 Å². The quantitative estimate of drug-likeness (QED) is 0.576. The van der Waals surface area contributed by atoms with Crippen LogP contribution in [0.25, 0.3) is 0 Å². The number of hydrogen-bond donors (Lipinski definition) is 1. The van der Waals surface area contributed by atoms with E-state index >= 15 is 0 Å². The van der Waals surface area contributed by atoms with E-state index in [-0.39, 0.29) is 5.97 Å². The predicted octanol–water partition coefficient (Wildman–Crippen LogP) is 4.06. The minimum absolute atomic E-state index is 0.182. The highest BCUT2D eigenvalue weighted by Crippen LogP contribution is 2.20. The van der Waals surface area contributed by atoms with Gasteiger partial charge in [-0.2, -0.15) is 0 Å². The molecule has 3 rings (SSSR count). The average molecular weight is 426 g/mol. The molecule has 1 N–H and O–H groups in total. The summed E-state index contributed by atoms with van der Waals surface area (Å²) < 4.78 is 5.43. The fourth-order valence-electron chi connectivity index (χ4n) is 3.59. The van der Waals surface area contributed by atoms with Crippen molar-refractivity contribution in [2.75, 3.05) is 38.0 Å². The van der Waals surface area contributed by atoms with Gasteiger partial charge in [0.2, 0.25) is 0 Å². The van der Waals surface area contributed by atoms with Crippen LogP contribution in [0.3, 0.4) is 0 Å². The Balaban J connectivity index is 1.47. The molecular weight excluding hydrogens is 394 g/mol. The number of esters is 1. The Kier molecular flexibility index (Phi) is 7.82. The van der Waals surface area contributed by atoms with Crippen molar-refractivity contribution in [1.82, 2.24) is 9.80 Å². The first kappa shape index (κ1) is 22.2. The molecule has 0 aromatic heterocycles. The smallest absolute Gasteiger partial charge is 0.320 e. The summed E-state index contributed by atoms with van der Waals surface area (Å²) in [6.45, 7) is 10.3. The van der Waals surface area contributed by atoms with Crippen LogP contribution in [0.1, 0.15) is 28.7 Å². The van der Waals surface area contributed by atoms with Crippen LogP contribution in [0, 0.1) is 20.8 Å². The third kappa shape index (κ3) is 6.28. The molecule has 1 aliphatic rings. The summed E-state index contributed by atoms with van der Waals surface area (Å²) in [6.07, 6.45) is 0.958. The van der Waals surface area contributed by atoms with Crippen molar-refractivity contribution in [2.45, 2.75) is 33.8 Å². The van der Waals surface area contributed by atoms with Crippen molar-refractivity contribution in [1.29, 1.82) is 0 Å². The molecule has 1 fully saturated rings. The van der Waals surface area contributed by atoms with Crippen molar-refractivity contribution in [3.8, 4) is 0 Å². The van der Waals surface area contributed by atoms with E-state index in [4.69, 9.17) is 17.0 Å². The number of hydrogen-bond acceptors (Lipinski definition) is 4. The minimum Gasteiger partial charge on any atom is -0.460 e. The summed E-state index contributed by atoms with van der Waals surface area (Å²) in [7, 11) is 0. The highest BCUT2D eigenvalue weighted by molar-refractivity contribution is 7.80. The molecule has 0 radical (unpaired) electrons. The zero-order chi connectivity index (χ0) is 21.5. The maximum atomic E-state index is 12.2. The molecule has 160 valence electrons. The standard InChI is InChI=1S/C24H31N3O2S/c1-18-14-20(3)22(15-19(18)2)25-24(30)27-11-7-10-26(12-13-27)16-23(28)29-17-21-8-5-4-6-9-21/h4-6,8-9,14-15H,7,10-13,16-17H2,1-3H3,(H,25,30). The lowest BCUT2D eigenvalue weighted by Gasteiger charge is -2.25. The van der Waals surface area contributed by atoms with Gasteiger partial charge in [-0.05, 0) is 67.7 Å². The molecular formula is C24H31N3O2S. The van der Waals surface area contributed by atoms with E-state index in [2.05, 4.69) is 48.0 Å². The van der Waals surface area contributed by atoms with E-state index in [0.29, 0.717) is 13.2 Å². The van der Waals surface area contributed by atoms with Gasteiger partial charge in [0.05, 0.1) is 6.54 Å². The van der Waals surface area contributed by atoms with Crippen LogP contribution >= 0.6 is 12.2 Å². The van der Waals surface area contributed by atoms with Gasteiger partial charge in [0.15, 0.2) is 5.11 Å². The van der Waals surface area contributed by atoms with Crippen molar-refractivity contribution < 1.29 is 9.53 Å². The van der Waals surface area contributed by atoms with Gasteiger partial charge in [0.1, 0.15) is 6.61 Å². The number of aryl methyl sites for hydroxylation is 3. The van der Waals surface area contributed by atoms with Gasteiger partial charge >= 0.3 is 5.97 Å². The fraction of sp³-hybridized carbons (Fsp3) is 0.417. The molecule has 1 aliphatic heterocycles. The van der Waals surface area contributed by atoms with Crippen LogP contribution in [0.5, 0.6) is 0 Å². The summed E-state index contributed by atoms with van der Waals surface area (Å²) in [5, 5.41) is 4.16. The molecule has 6 heteroatoms. The number of nitrogens with one attached hydrogen (secondary N) is 1. The number of ether oxygens (including phenoxy) is 1. The first-order valence-corrected chi connectivity index (χ1v) is 10.9. The first-order chi connectivity index (χ1) is 14.4. The lowest BCUT2D eigenvalue weighted by molar-refractivity contribution is -0.146. The summed E-state index contributed by atoms with van der Waals surface area (Å²) in [6, 6.07) is 14.1. The Morgan fingerprint density at radius 3 is 2.50 bits per heavy atom. The molecule has 0 aliphatic carbocycles. The molecule has 0 atom stereocenters. The molecule has 1 heterocycles. The number of benzene rings is 2. The maximum Gasteiger partial charge on any atom is 0.320 e. The molecule has 0 bridgehead atoms. The lowest BCUT2D eigenvalue weighted by Crippen LogP contribution is -2.39. The Bertz CT molecular complexity index is 886. The van der Waals surface area contributed by atoms with Gasteiger partial charge in [-0.1, -0.05) is 36.4 Å². The number of anilines is 1. The van der Waals surface area contributed by atoms with E-state index in [1.165, 1.54) is 16.7 Å². The van der Waals surface area contributed by atoms with Crippen LogP contribution < -0.4 is 5.32 Å². The van der Waals surface area contributed by atoms with Crippen LogP contribution in [0.15, 0.2) is 42.5 Å². The van der Waals surface area contributed by atoms with Crippen molar-refractivity contribution in [3.05, 3.63) is 64.7 Å². The molecule has 2 aromatic rings. The van der Waals surface area contributed by atoms with Gasteiger partial charge < -0.3 is 15.0 Å².